The molecule has 0 saturated heterocycles. The molecule has 0 radical (unpaired) electrons. The number of H-pyrrole nitrogens is 1. The van der Waals surface area contributed by atoms with Crippen LogP contribution in [0.15, 0.2) is 48.5 Å². The number of hydrogen-bond donors (Lipinski definition) is 2. The van der Waals surface area contributed by atoms with Crippen LogP contribution in [0.5, 0.6) is 5.75 Å². The Labute approximate surface area is 123 Å². The highest BCUT2D eigenvalue weighted by atomic mass is 16.5. The van der Waals surface area contributed by atoms with Gasteiger partial charge in [-0.15, -0.1) is 0 Å². The number of aromatic nitrogens is 1. The van der Waals surface area contributed by atoms with Crippen LogP contribution in [0.3, 0.4) is 0 Å². The second kappa shape index (κ2) is 4.93. The van der Waals surface area contributed by atoms with Gasteiger partial charge in [-0.1, -0.05) is 36.4 Å². The van der Waals surface area contributed by atoms with Crippen molar-refractivity contribution in [2.45, 2.75) is 12.5 Å². The molecule has 2 heterocycles. The molecule has 0 spiro atoms. The van der Waals surface area contributed by atoms with Gasteiger partial charge in [0, 0.05) is 28.7 Å². The molecule has 2 aromatic carbocycles. The maximum Gasteiger partial charge on any atom is 0.124 e. The molecule has 3 nitrogen and oxygen atoms in total. The van der Waals surface area contributed by atoms with Gasteiger partial charge < -0.3 is 15.0 Å². The second-order valence-corrected chi connectivity index (χ2v) is 5.44. The minimum atomic E-state index is 0.164. The Morgan fingerprint density at radius 3 is 2.76 bits per heavy atom. The van der Waals surface area contributed by atoms with E-state index >= 15 is 0 Å². The van der Waals surface area contributed by atoms with Crippen LogP contribution in [0.4, 0.5) is 0 Å². The van der Waals surface area contributed by atoms with Crippen molar-refractivity contribution in [2.24, 2.45) is 0 Å². The number of rotatable bonds is 2. The molecule has 0 bridgehead atoms. The monoisotopic (exact) mass is 278 g/mol. The lowest BCUT2D eigenvalue weighted by atomic mass is 9.94. The molecule has 0 aliphatic carbocycles. The van der Waals surface area contributed by atoms with E-state index < -0.39 is 0 Å². The Hall–Kier alpha value is -2.26. The molecular weight excluding hydrogens is 260 g/mol. The maximum absolute atomic E-state index is 5.53. The Balaban J connectivity index is 1.90. The zero-order valence-electron chi connectivity index (χ0n) is 12.0. The van der Waals surface area contributed by atoms with Crippen molar-refractivity contribution < 1.29 is 4.74 Å². The molecular formula is C18H18N2O. The van der Waals surface area contributed by atoms with Crippen LogP contribution >= 0.6 is 0 Å². The summed E-state index contributed by atoms with van der Waals surface area (Å²) in [7, 11) is 1.73. The molecule has 0 amide bonds. The Morgan fingerprint density at radius 2 is 1.86 bits per heavy atom. The molecule has 0 saturated carbocycles. The normalized spacial score (nSPS) is 17.7. The SMILES string of the molecule is COc1ccccc1[C@H]1NCCc2c1[nH]c1ccccc21. The van der Waals surface area contributed by atoms with E-state index in [-0.39, 0.29) is 6.04 Å². The quantitative estimate of drug-likeness (QED) is 0.753. The molecule has 3 heteroatoms. The van der Waals surface area contributed by atoms with Gasteiger partial charge in [-0.05, 0) is 24.1 Å². The third-order valence-electron chi connectivity index (χ3n) is 4.31. The van der Waals surface area contributed by atoms with Crippen LogP contribution in [0.1, 0.15) is 22.9 Å². The van der Waals surface area contributed by atoms with Crippen LogP contribution in [-0.4, -0.2) is 18.6 Å². The molecule has 2 N–H and O–H groups in total. The number of benzene rings is 2. The molecule has 1 aromatic heterocycles. The van der Waals surface area contributed by atoms with Gasteiger partial charge in [0.1, 0.15) is 5.75 Å². The van der Waals surface area contributed by atoms with Gasteiger partial charge in [-0.2, -0.15) is 0 Å². The fraction of sp³-hybridized carbons (Fsp3) is 0.222. The standard InChI is InChI=1S/C18H18N2O/c1-21-16-9-5-3-7-14(16)17-18-13(10-11-19-17)12-6-2-4-8-15(12)20-18/h2-9,17,19-20H,10-11H2,1H3/t17-/m1/s1. The van der Waals surface area contributed by atoms with E-state index in [1.807, 2.05) is 12.1 Å². The minimum Gasteiger partial charge on any atom is -0.496 e. The smallest absolute Gasteiger partial charge is 0.124 e. The molecule has 4 rings (SSSR count). The summed E-state index contributed by atoms with van der Waals surface area (Å²) in [6.07, 6.45) is 1.06. The third kappa shape index (κ3) is 1.93. The van der Waals surface area contributed by atoms with E-state index in [1.54, 1.807) is 7.11 Å². The van der Waals surface area contributed by atoms with Crippen LogP contribution in [0.25, 0.3) is 10.9 Å². The molecule has 21 heavy (non-hydrogen) atoms. The van der Waals surface area contributed by atoms with Crippen molar-refractivity contribution in [1.82, 2.24) is 10.3 Å². The van der Waals surface area contributed by atoms with Gasteiger partial charge in [0.05, 0.1) is 13.2 Å². The molecule has 1 aliphatic heterocycles. The zero-order valence-corrected chi connectivity index (χ0v) is 12.0. The average Bonchev–Trinajstić information content (AvgIpc) is 2.93. The van der Waals surface area contributed by atoms with Crippen LogP contribution in [0.2, 0.25) is 0 Å². The van der Waals surface area contributed by atoms with Gasteiger partial charge in [0.2, 0.25) is 0 Å². The summed E-state index contributed by atoms with van der Waals surface area (Å²) < 4.78 is 5.53. The molecule has 3 aromatic rings. The minimum absolute atomic E-state index is 0.164. The number of fused-ring (bicyclic) bond motifs is 3. The Bertz CT molecular complexity index is 791. The largest absolute Gasteiger partial charge is 0.496 e. The lowest BCUT2D eigenvalue weighted by Crippen LogP contribution is -2.30. The third-order valence-corrected chi connectivity index (χ3v) is 4.31. The van der Waals surface area contributed by atoms with E-state index in [9.17, 15) is 0 Å². The lowest BCUT2D eigenvalue weighted by molar-refractivity contribution is 0.402. The predicted octanol–water partition coefficient (Wildman–Crippen LogP) is 3.41. The molecule has 106 valence electrons. The highest BCUT2D eigenvalue weighted by Gasteiger charge is 2.26. The van der Waals surface area contributed by atoms with Crippen molar-refractivity contribution in [3.63, 3.8) is 0 Å². The van der Waals surface area contributed by atoms with E-state index in [2.05, 4.69) is 46.7 Å². The maximum atomic E-state index is 5.53. The van der Waals surface area contributed by atoms with Crippen molar-refractivity contribution >= 4 is 10.9 Å². The van der Waals surface area contributed by atoms with E-state index in [1.165, 1.54) is 27.7 Å². The summed E-state index contributed by atoms with van der Waals surface area (Å²) in [6.45, 7) is 0.984. The van der Waals surface area contributed by atoms with Gasteiger partial charge in [-0.25, -0.2) is 0 Å². The summed E-state index contributed by atoms with van der Waals surface area (Å²) in [5, 5.41) is 4.96. The van der Waals surface area contributed by atoms with Crippen LogP contribution in [-0.2, 0) is 6.42 Å². The number of para-hydroxylation sites is 2. The molecule has 1 aliphatic rings. The fourth-order valence-electron chi connectivity index (χ4n) is 3.35. The van der Waals surface area contributed by atoms with E-state index in [4.69, 9.17) is 4.74 Å². The summed E-state index contributed by atoms with van der Waals surface area (Å²) in [5.41, 5.74) is 5.10. The molecule has 0 fully saturated rings. The van der Waals surface area contributed by atoms with Gasteiger partial charge in [0.25, 0.3) is 0 Å². The first-order valence-electron chi connectivity index (χ1n) is 7.34. The van der Waals surface area contributed by atoms with Crippen molar-refractivity contribution in [2.75, 3.05) is 13.7 Å². The fourth-order valence-corrected chi connectivity index (χ4v) is 3.35. The first-order chi connectivity index (χ1) is 10.4. The van der Waals surface area contributed by atoms with Crippen molar-refractivity contribution in [1.29, 1.82) is 0 Å². The Morgan fingerprint density at radius 1 is 1.05 bits per heavy atom. The van der Waals surface area contributed by atoms with Gasteiger partial charge in [0.15, 0.2) is 0 Å². The van der Waals surface area contributed by atoms with Gasteiger partial charge >= 0.3 is 0 Å². The topological polar surface area (TPSA) is 37.0 Å². The number of methoxy groups -OCH3 is 1. The molecule has 0 unspecified atom stereocenters. The van der Waals surface area contributed by atoms with E-state index in [0.717, 1.165) is 18.7 Å². The zero-order chi connectivity index (χ0) is 14.2. The van der Waals surface area contributed by atoms with Crippen LogP contribution < -0.4 is 10.1 Å². The van der Waals surface area contributed by atoms with Gasteiger partial charge in [-0.3, -0.25) is 0 Å². The van der Waals surface area contributed by atoms with Crippen molar-refractivity contribution in [3.05, 3.63) is 65.4 Å². The summed E-state index contributed by atoms with van der Waals surface area (Å²) >= 11 is 0. The first-order valence-corrected chi connectivity index (χ1v) is 7.34. The second-order valence-electron chi connectivity index (χ2n) is 5.44. The number of ether oxygens (including phenoxy) is 1. The highest BCUT2D eigenvalue weighted by molar-refractivity contribution is 5.85. The number of nitrogens with one attached hydrogen (secondary N) is 2. The molecule has 1 atom stereocenters. The number of aromatic amines is 1. The van der Waals surface area contributed by atoms with Crippen LogP contribution in [0, 0.1) is 0 Å². The number of hydrogen-bond acceptors (Lipinski definition) is 2. The summed E-state index contributed by atoms with van der Waals surface area (Å²) in [5.74, 6) is 0.932. The average molecular weight is 278 g/mol. The lowest BCUT2D eigenvalue weighted by Gasteiger charge is -2.26. The van der Waals surface area contributed by atoms with E-state index in [0.29, 0.717) is 0 Å². The first kappa shape index (κ1) is 12.5. The summed E-state index contributed by atoms with van der Waals surface area (Å²) in [4.78, 5) is 3.60. The predicted molar refractivity (Wildman–Crippen MR) is 84.8 cm³/mol. The Kier molecular flexibility index (Phi) is 2.93. The summed E-state index contributed by atoms with van der Waals surface area (Å²) in [6, 6.07) is 16.9. The highest BCUT2D eigenvalue weighted by Crippen LogP contribution is 2.36. The van der Waals surface area contributed by atoms with Crippen molar-refractivity contribution in [3.8, 4) is 5.75 Å².